The van der Waals surface area contributed by atoms with Crippen molar-refractivity contribution in [1.29, 1.82) is 0 Å². The highest BCUT2D eigenvalue weighted by Gasteiger charge is 2.20. The molecule has 3 heteroatoms. The SMILES string of the molecule is COc1c(C)cc(C(O)c2cc3c(s2)CCCC3)cc1C. The van der Waals surface area contributed by atoms with Crippen LogP contribution in [-0.2, 0) is 12.8 Å². The minimum absolute atomic E-state index is 0.524. The van der Waals surface area contributed by atoms with Crippen LogP contribution in [0.5, 0.6) is 5.75 Å². The third-order valence-electron chi connectivity index (χ3n) is 4.29. The number of fused-ring (bicyclic) bond motifs is 1. The van der Waals surface area contributed by atoms with Crippen molar-refractivity contribution in [2.75, 3.05) is 7.11 Å². The summed E-state index contributed by atoms with van der Waals surface area (Å²) in [6.45, 7) is 4.06. The molecule has 3 rings (SSSR count). The number of hydrogen-bond acceptors (Lipinski definition) is 3. The van der Waals surface area contributed by atoms with Crippen LogP contribution >= 0.6 is 11.3 Å². The van der Waals surface area contributed by atoms with Crippen molar-refractivity contribution in [3.05, 3.63) is 50.2 Å². The molecule has 1 aliphatic rings. The number of ether oxygens (including phenoxy) is 1. The second-order valence-corrected chi connectivity index (χ2v) is 7.06. The maximum absolute atomic E-state index is 10.7. The summed E-state index contributed by atoms with van der Waals surface area (Å²) < 4.78 is 5.40. The molecule has 0 radical (unpaired) electrons. The molecule has 2 nitrogen and oxygen atoms in total. The van der Waals surface area contributed by atoms with Crippen LogP contribution in [0.1, 0.15) is 51.0 Å². The van der Waals surface area contributed by atoms with Gasteiger partial charge in [0.1, 0.15) is 11.9 Å². The molecule has 1 aromatic carbocycles. The second kappa shape index (κ2) is 5.82. The summed E-state index contributed by atoms with van der Waals surface area (Å²) >= 11 is 1.78. The zero-order valence-corrected chi connectivity index (χ0v) is 13.7. The van der Waals surface area contributed by atoms with Gasteiger partial charge in [-0.25, -0.2) is 0 Å². The average molecular weight is 302 g/mol. The number of thiophene rings is 1. The van der Waals surface area contributed by atoms with E-state index < -0.39 is 6.10 Å². The van der Waals surface area contributed by atoms with Gasteiger partial charge in [-0.1, -0.05) is 0 Å². The normalized spacial score (nSPS) is 15.6. The highest BCUT2D eigenvalue weighted by molar-refractivity contribution is 7.12. The Morgan fingerprint density at radius 1 is 1.10 bits per heavy atom. The molecule has 1 aliphatic carbocycles. The van der Waals surface area contributed by atoms with E-state index >= 15 is 0 Å². The molecule has 1 aromatic heterocycles. The molecule has 1 N–H and O–H groups in total. The smallest absolute Gasteiger partial charge is 0.124 e. The van der Waals surface area contributed by atoms with Crippen LogP contribution in [0.3, 0.4) is 0 Å². The fourth-order valence-electron chi connectivity index (χ4n) is 3.28. The lowest BCUT2D eigenvalue weighted by Gasteiger charge is -2.14. The molecule has 1 unspecified atom stereocenters. The van der Waals surface area contributed by atoms with Gasteiger partial charge < -0.3 is 9.84 Å². The van der Waals surface area contributed by atoms with Gasteiger partial charge in [0.05, 0.1) is 7.11 Å². The summed E-state index contributed by atoms with van der Waals surface area (Å²) in [6.07, 6.45) is 4.38. The number of aliphatic hydroxyl groups is 1. The van der Waals surface area contributed by atoms with E-state index in [1.807, 2.05) is 26.0 Å². The van der Waals surface area contributed by atoms with Gasteiger partial charge in [-0.05, 0) is 80.0 Å². The van der Waals surface area contributed by atoms with E-state index in [-0.39, 0.29) is 0 Å². The van der Waals surface area contributed by atoms with Crippen LogP contribution in [-0.4, -0.2) is 12.2 Å². The van der Waals surface area contributed by atoms with E-state index in [1.54, 1.807) is 18.4 Å². The van der Waals surface area contributed by atoms with Crippen LogP contribution in [0.4, 0.5) is 0 Å². The second-order valence-electron chi connectivity index (χ2n) is 5.89. The van der Waals surface area contributed by atoms with E-state index in [0.717, 1.165) is 27.3 Å². The minimum atomic E-state index is -0.524. The Morgan fingerprint density at radius 2 is 1.76 bits per heavy atom. The number of aliphatic hydroxyl groups excluding tert-OH is 1. The van der Waals surface area contributed by atoms with Crippen molar-refractivity contribution in [3.8, 4) is 5.75 Å². The molecule has 2 aromatic rings. The molecule has 0 saturated carbocycles. The number of methoxy groups -OCH3 is 1. The van der Waals surface area contributed by atoms with Crippen LogP contribution in [0.25, 0.3) is 0 Å². The predicted octanol–water partition coefficient (Wildman–Crippen LogP) is 4.33. The number of hydrogen-bond donors (Lipinski definition) is 1. The zero-order chi connectivity index (χ0) is 15.0. The molecule has 1 atom stereocenters. The Kier molecular flexibility index (Phi) is 4.05. The number of aryl methyl sites for hydroxylation is 4. The van der Waals surface area contributed by atoms with Gasteiger partial charge in [0.25, 0.3) is 0 Å². The zero-order valence-electron chi connectivity index (χ0n) is 12.9. The molecule has 0 fully saturated rings. The predicted molar refractivity (Wildman–Crippen MR) is 87.5 cm³/mol. The molecule has 0 saturated heterocycles. The largest absolute Gasteiger partial charge is 0.496 e. The first kappa shape index (κ1) is 14.6. The Balaban J connectivity index is 1.94. The van der Waals surface area contributed by atoms with Crippen LogP contribution in [0, 0.1) is 13.8 Å². The van der Waals surface area contributed by atoms with E-state index in [0.29, 0.717) is 0 Å². The van der Waals surface area contributed by atoms with Gasteiger partial charge in [-0.2, -0.15) is 0 Å². The summed E-state index contributed by atoms with van der Waals surface area (Å²) in [5.41, 5.74) is 4.56. The first-order valence-electron chi connectivity index (χ1n) is 7.55. The maximum atomic E-state index is 10.7. The van der Waals surface area contributed by atoms with Gasteiger partial charge in [0, 0.05) is 9.75 Å². The Labute approximate surface area is 130 Å². The van der Waals surface area contributed by atoms with Gasteiger partial charge >= 0.3 is 0 Å². The van der Waals surface area contributed by atoms with Crippen molar-refractivity contribution in [2.24, 2.45) is 0 Å². The van der Waals surface area contributed by atoms with E-state index in [9.17, 15) is 5.11 Å². The Morgan fingerprint density at radius 3 is 2.38 bits per heavy atom. The lowest BCUT2D eigenvalue weighted by atomic mass is 9.97. The number of benzene rings is 1. The average Bonchev–Trinajstić information content (AvgIpc) is 2.90. The van der Waals surface area contributed by atoms with Crippen molar-refractivity contribution in [1.82, 2.24) is 0 Å². The van der Waals surface area contributed by atoms with E-state index in [2.05, 4.69) is 6.07 Å². The summed E-state index contributed by atoms with van der Waals surface area (Å²) in [6, 6.07) is 6.28. The summed E-state index contributed by atoms with van der Waals surface area (Å²) in [4.78, 5) is 2.54. The minimum Gasteiger partial charge on any atom is -0.496 e. The molecule has 0 amide bonds. The monoisotopic (exact) mass is 302 g/mol. The first-order chi connectivity index (χ1) is 10.1. The third kappa shape index (κ3) is 2.72. The highest BCUT2D eigenvalue weighted by atomic mass is 32.1. The topological polar surface area (TPSA) is 29.5 Å². The quantitative estimate of drug-likeness (QED) is 0.914. The third-order valence-corrected chi connectivity index (χ3v) is 5.58. The van der Waals surface area contributed by atoms with Gasteiger partial charge in [0.2, 0.25) is 0 Å². The van der Waals surface area contributed by atoms with Crippen molar-refractivity contribution in [3.63, 3.8) is 0 Å². The molecule has 0 aliphatic heterocycles. The molecular weight excluding hydrogens is 280 g/mol. The maximum Gasteiger partial charge on any atom is 0.124 e. The van der Waals surface area contributed by atoms with Gasteiger partial charge in [-0.3, -0.25) is 0 Å². The fourth-order valence-corrected chi connectivity index (χ4v) is 4.55. The van der Waals surface area contributed by atoms with E-state index in [4.69, 9.17) is 4.74 Å². The Hall–Kier alpha value is -1.32. The molecular formula is C18H22O2S. The van der Waals surface area contributed by atoms with Crippen LogP contribution in [0.2, 0.25) is 0 Å². The lowest BCUT2D eigenvalue weighted by molar-refractivity contribution is 0.224. The molecule has 112 valence electrons. The van der Waals surface area contributed by atoms with Crippen molar-refractivity contribution in [2.45, 2.75) is 45.6 Å². The van der Waals surface area contributed by atoms with Gasteiger partial charge in [-0.15, -0.1) is 11.3 Å². The van der Waals surface area contributed by atoms with Gasteiger partial charge in [0.15, 0.2) is 0 Å². The van der Waals surface area contributed by atoms with Crippen molar-refractivity contribution < 1.29 is 9.84 Å². The summed E-state index contributed by atoms with van der Waals surface area (Å²) in [7, 11) is 1.69. The first-order valence-corrected chi connectivity index (χ1v) is 8.36. The molecule has 1 heterocycles. The van der Waals surface area contributed by atoms with Crippen LogP contribution in [0.15, 0.2) is 18.2 Å². The summed E-state index contributed by atoms with van der Waals surface area (Å²) in [5, 5.41) is 10.7. The Bertz CT molecular complexity index is 611. The standard InChI is InChI=1S/C18H22O2S/c1-11-8-14(9-12(2)18(11)20-3)17(19)16-10-13-6-4-5-7-15(13)21-16/h8-10,17,19H,4-7H2,1-3H3. The summed E-state index contributed by atoms with van der Waals surface area (Å²) in [5.74, 6) is 0.913. The fraction of sp³-hybridized carbons (Fsp3) is 0.444. The van der Waals surface area contributed by atoms with Crippen LogP contribution < -0.4 is 4.74 Å². The number of rotatable bonds is 3. The molecule has 21 heavy (non-hydrogen) atoms. The molecule has 0 spiro atoms. The van der Waals surface area contributed by atoms with E-state index in [1.165, 1.54) is 36.1 Å². The molecule has 0 bridgehead atoms. The van der Waals surface area contributed by atoms with Crippen molar-refractivity contribution >= 4 is 11.3 Å². The highest BCUT2D eigenvalue weighted by Crippen LogP contribution is 2.37. The lowest BCUT2D eigenvalue weighted by Crippen LogP contribution is -2.00.